The summed E-state index contributed by atoms with van der Waals surface area (Å²) in [5.74, 6) is 2.24. The Morgan fingerprint density at radius 1 is 1.00 bits per heavy atom. The van der Waals surface area contributed by atoms with Crippen molar-refractivity contribution in [3.05, 3.63) is 61.1 Å². The highest BCUT2D eigenvalue weighted by Gasteiger charge is 2.05. The molecule has 0 N–H and O–H groups in total. The Kier molecular flexibility index (Phi) is 2.98. The van der Waals surface area contributed by atoms with E-state index in [-0.39, 0.29) is 0 Å². The first-order valence-electron chi connectivity index (χ1n) is 5.99. The van der Waals surface area contributed by atoms with E-state index in [1.807, 2.05) is 60.3 Å². The maximum absolute atomic E-state index is 5.71. The van der Waals surface area contributed by atoms with E-state index in [1.54, 1.807) is 12.4 Å². The van der Waals surface area contributed by atoms with E-state index in [4.69, 9.17) is 4.74 Å². The summed E-state index contributed by atoms with van der Waals surface area (Å²) >= 11 is 0. The van der Waals surface area contributed by atoms with Crippen molar-refractivity contribution in [1.82, 2.24) is 14.5 Å². The van der Waals surface area contributed by atoms with Crippen LogP contribution >= 0.6 is 0 Å². The zero-order chi connectivity index (χ0) is 13.1. The van der Waals surface area contributed by atoms with Crippen molar-refractivity contribution in [2.75, 3.05) is 0 Å². The van der Waals surface area contributed by atoms with Gasteiger partial charge in [0, 0.05) is 37.3 Å². The van der Waals surface area contributed by atoms with Gasteiger partial charge in [0.05, 0.1) is 0 Å². The molecular formula is C15H13N3O. The average Bonchev–Trinajstić information content (AvgIpc) is 2.86. The quantitative estimate of drug-likeness (QED) is 0.717. The smallest absolute Gasteiger partial charge is 0.219 e. The van der Waals surface area contributed by atoms with Gasteiger partial charge >= 0.3 is 0 Å². The van der Waals surface area contributed by atoms with Gasteiger partial charge in [0.2, 0.25) is 5.88 Å². The lowest BCUT2D eigenvalue weighted by Gasteiger charge is -2.06. The van der Waals surface area contributed by atoms with Crippen LogP contribution in [0.25, 0.3) is 11.4 Å². The van der Waals surface area contributed by atoms with Crippen LogP contribution in [0.5, 0.6) is 11.6 Å². The first-order valence-corrected chi connectivity index (χ1v) is 5.99. The number of hydrogen-bond acceptors (Lipinski definition) is 3. The summed E-state index contributed by atoms with van der Waals surface area (Å²) in [7, 11) is 1.97. The molecular weight excluding hydrogens is 238 g/mol. The van der Waals surface area contributed by atoms with Gasteiger partial charge in [-0.2, -0.15) is 0 Å². The van der Waals surface area contributed by atoms with E-state index in [0.29, 0.717) is 5.88 Å². The van der Waals surface area contributed by atoms with Crippen LogP contribution in [0.2, 0.25) is 0 Å². The van der Waals surface area contributed by atoms with E-state index in [9.17, 15) is 0 Å². The molecule has 0 bridgehead atoms. The number of pyridine rings is 1. The molecule has 0 saturated heterocycles. The zero-order valence-corrected chi connectivity index (χ0v) is 10.5. The first-order chi connectivity index (χ1) is 9.33. The van der Waals surface area contributed by atoms with Crippen LogP contribution in [0.1, 0.15) is 0 Å². The predicted molar refractivity (Wildman–Crippen MR) is 73.0 cm³/mol. The molecule has 0 fully saturated rings. The molecule has 3 aromatic rings. The van der Waals surface area contributed by atoms with Gasteiger partial charge < -0.3 is 9.30 Å². The highest BCUT2D eigenvalue weighted by Crippen LogP contribution is 2.25. The molecule has 2 heterocycles. The van der Waals surface area contributed by atoms with Crippen LogP contribution in [0.15, 0.2) is 61.1 Å². The Labute approximate surface area is 111 Å². The third kappa shape index (κ3) is 2.47. The maximum Gasteiger partial charge on any atom is 0.219 e. The molecule has 0 atom stereocenters. The lowest BCUT2D eigenvalue weighted by Crippen LogP contribution is -1.92. The van der Waals surface area contributed by atoms with Crippen LogP contribution in [0, 0.1) is 0 Å². The molecule has 19 heavy (non-hydrogen) atoms. The fraction of sp³-hybridized carbons (Fsp3) is 0.0667. The van der Waals surface area contributed by atoms with Crippen LogP contribution in [-0.4, -0.2) is 14.5 Å². The van der Waals surface area contributed by atoms with Crippen LogP contribution < -0.4 is 4.74 Å². The number of ether oxygens (including phenoxy) is 1. The molecule has 94 valence electrons. The number of hydrogen-bond donors (Lipinski definition) is 0. The summed E-state index contributed by atoms with van der Waals surface area (Å²) < 4.78 is 7.68. The largest absolute Gasteiger partial charge is 0.439 e. The minimum absolute atomic E-state index is 0.583. The molecule has 0 aliphatic carbocycles. The Balaban J connectivity index is 1.91. The molecule has 4 heteroatoms. The maximum atomic E-state index is 5.71. The van der Waals surface area contributed by atoms with E-state index in [0.717, 1.165) is 17.1 Å². The minimum Gasteiger partial charge on any atom is -0.439 e. The fourth-order valence-electron chi connectivity index (χ4n) is 1.87. The Morgan fingerprint density at radius 3 is 2.68 bits per heavy atom. The summed E-state index contributed by atoms with van der Waals surface area (Å²) in [6, 6.07) is 13.4. The number of imidazole rings is 1. The van der Waals surface area contributed by atoms with Crippen molar-refractivity contribution in [2.24, 2.45) is 7.05 Å². The van der Waals surface area contributed by atoms with Gasteiger partial charge in [0.1, 0.15) is 11.6 Å². The molecule has 0 saturated carbocycles. The molecule has 0 spiro atoms. The van der Waals surface area contributed by atoms with Gasteiger partial charge in [-0.15, -0.1) is 0 Å². The van der Waals surface area contributed by atoms with Gasteiger partial charge in [-0.1, -0.05) is 18.2 Å². The molecule has 0 aliphatic rings. The van der Waals surface area contributed by atoms with Crippen molar-refractivity contribution in [2.45, 2.75) is 0 Å². The van der Waals surface area contributed by atoms with E-state index < -0.39 is 0 Å². The standard InChI is InChI=1S/C15H13N3O/c1-18-10-9-17-15(18)12-5-4-6-13(11-12)19-14-7-2-3-8-16-14/h2-11H,1H3. The van der Waals surface area contributed by atoms with Crippen molar-refractivity contribution in [1.29, 1.82) is 0 Å². The number of aryl methyl sites for hydroxylation is 1. The van der Waals surface area contributed by atoms with Crippen LogP contribution in [0.3, 0.4) is 0 Å². The molecule has 0 radical (unpaired) electrons. The number of nitrogens with zero attached hydrogens (tertiary/aromatic N) is 3. The Morgan fingerprint density at radius 2 is 1.95 bits per heavy atom. The van der Waals surface area contributed by atoms with Crippen LogP contribution in [-0.2, 0) is 7.05 Å². The number of benzene rings is 1. The van der Waals surface area contributed by atoms with Crippen molar-refractivity contribution < 1.29 is 4.74 Å². The molecule has 3 rings (SSSR count). The first kappa shape index (κ1) is 11.5. The summed E-state index contributed by atoms with van der Waals surface area (Å²) in [5.41, 5.74) is 1.01. The van der Waals surface area contributed by atoms with E-state index in [1.165, 1.54) is 0 Å². The van der Waals surface area contributed by atoms with Crippen molar-refractivity contribution in [3.63, 3.8) is 0 Å². The molecule has 1 aromatic carbocycles. The van der Waals surface area contributed by atoms with Gasteiger partial charge in [-0.25, -0.2) is 9.97 Å². The van der Waals surface area contributed by atoms with Gasteiger partial charge in [-0.05, 0) is 18.2 Å². The van der Waals surface area contributed by atoms with Gasteiger partial charge in [-0.3, -0.25) is 0 Å². The lowest BCUT2D eigenvalue weighted by molar-refractivity contribution is 0.463. The predicted octanol–water partition coefficient (Wildman–Crippen LogP) is 3.27. The minimum atomic E-state index is 0.583. The van der Waals surface area contributed by atoms with E-state index in [2.05, 4.69) is 9.97 Å². The molecule has 4 nitrogen and oxygen atoms in total. The SMILES string of the molecule is Cn1ccnc1-c1cccc(Oc2ccccn2)c1. The third-order valence-electron chi connectivity index (χ3n) is 2.77. The van der Waals surface area contributed by atoms with Gasteiger partial charge in [0.25, 0.3) is 0 Å². The summed E-state index contributed by atoms with van der Waals surface area (Å²) in [6.45, 7) is 0. The Bertz CT molecular complexity index is 677. The topological polar surface area (TPSA) is 39.9 Å². The van der Waals surface area contributed by atoms with Gasteiger partial charge in [0.15, 0.2) is 0 Å². The lowest BCUT2D eigenvalue weighted by atomic mass is 10.2. The highest BCUT2D eigenvalue weighted by molar-refractivity contribution is 5.58. The second kappa shape index (κ2) is 4.94. The summed E-state index contributed by atoms with van der Waals surface area (Å²) in [4.78, 5) is 8.47. The molecule has 0 aliphatic heterocycles. The van der Waals surface area contributed by atoms with E-state index >= 15 is 0 Å². The number of aromatic nitrogens is 3. The third-order valence-corrected chi connectivity index (χ3v) is 2.77. The normalized spacial score (nSPS) is 10.4. The van der Waals surface area contributed by atoms with Crippen molar-refractivity contribution in [3.8, 4) is 23.0 Å². The monoisotopic (exact) mass is 251 g/mol. The summed E-state index contributed by atoms with van der Waals surface area (Å²) in [5, 5.41) is 0. The second-order valence-electron chi connectivity index (χ2n) is 4.16. The zero-order valence-electron chi connectivity index (χ0n) is 10.5. The fourth-order valence-corrected chi connectivity index (χ4v) is 1.87. The molecule has 2 aromatic heterocycles. The molecule has 0 amide bonds. The summed E-state index contributed by atoms with van der Waals surface area (Å²) in [6.07, 6.45) is 5.40. The molecule has 0 unspecified atom stereocenters. The number of rotatable bonds is 3. The average molecular weight is 251 g/mol. The highest BCUT2D eigenvalue weighted by atomic mass is 16.5. The van der Waals surface area contributed by atoms with Crippen molar-refractivity contribution >= 4 is 0 Å². The second-order valence-corrected chi connectivity index (χ2v) is 4.16. The van der Waals surface area contributed by atoms with Crippen LogP contribution in [0.4, 0.5) is 0 Å². The Hall–Kier alpha value is -2.62.